The first-order chi connectivity index (χ1) is 11.9. The minimum atomic E-state index is -4.56. The second-order valence-electron chi connectivity index (χ2n) is 4.89. The Morgan fingerprint density at radius 2 is 2.00 bits per heavy atom. The van der Waals surface area contributed by atoms with E-state index in [1.165, 1.54) is 17.4 Å². The van der Waals surface area contributed by atoms with Crippen molar-refractivity contribution in [2.75, 3.05) is 5.32 Å². The van der Waals surface area contributed by atoms with Gasteiger partial charge in [-0.3, -0.25) is 0 Å². The van der Waals surface area contributed by atoms with Gasteiger partial charge >= 0.3 is 12.5 Å². The molecule has 130 valence electrons. The standard InChI is InChI=1S/C16H11F4N3OS/c17-14(18)16(19,20)24-12-3-1-2-11(8-12)22-15-21-6-4-13(23-15)10-5-7-25-9-10/h1-9,14H,(H,21,22,23). The third-order valence-corrected chi connectivity index (χ3v) is 3.75. The number of hydrogen-bond acceptors (Lipinski definition) is 5. The lowest BCUT2D eigenvalue weighted by atomic mass is 10.2. The first-order valence-electron chi connectivity index (χ1n) is 7.02. The number of nitrogens with zero attached hydrogens (tertiary/aromatic N) is 2. The minimum absolute atomic E-state index is 0.237. The maximum atomic E-state index is 13.0. The van der Waals surface area contributed by atoms with E-state index < -0.39 is 18.3 Å². The van der Waals surface area contributed by atoms with E-state index in [2.05, 4.69) is 20.0 Å². The van der Waals surface area contributed by atoms with E-state index in [-0.39, 0.29) is 5.95 Å². The molecule has 0 radical (unpaired) electrons. The lowest BCUT2D eigenvalue weighted by Crippen LogP contribution is -2.33. The molecule has 25 heavy (non-hydrogen) atoms. The highest BCUT2D eigenvalue weighted by Crippen LogP contribution is 2.29. The number of aromatic nitrogens is 2. The molecule has 0 amide bonds. The van der Waals surface area contributed by atoms with E-state index >= 15 is 0 Å². The Bertz CT molecular complexity index is 843. The van der Waals surface area contributed by atoms with Gasteiger partial charge in [-0.05, 0) is 29.6 Å². The molecule has 9 heteroatoms. The molecule has 1 N–H and O–H groups in total. The van der Waals surface area contributed by atoms with Gasteiger partial charge < -0.3 is 10.1 Å². The Balaban J connectivity index is 1.78. The monoisotopic (exact) mass is 369 g/mol. The summed E-state index contributed by atoms with van der Waals surface area (Å²) in [5.74, 6) is -0.161. The van der Waals surface area contributed by atoms with Gasteiger partial charge in [-0.25, -0.2) is 9.97 Å². The van der Waals surface area contributed by atoms with Crippen molar-refractivity contribution >= 4 is 23.0 Å². The number of ether oxygens (including phenoxy) is 1. The summed E-state index contributed by atoms with van der Waals surface area (Å²) < 4.78 is 54.5. The van der Waals surface area contributed by atoms with Crippen LogP contribution in [0.1, 0.15) is 0 Å². The lowest BCUT2D eigenvalue weighted by molar-refractivity contribution is -0.253. The molecule has 3 aromatic rings. The molecule has 1 aromatic carbocycles. The Morgan fingerprint density at radius 3 is 2.72 bits per heavy atom. The van der Waals surface area contributed by atoms with Crippen molar-refractivity contribution in [1.29, 1.82) is 0 Å². The largest absolute Gasteiger partial charge is 0.461 e. The zero-order valence-electron chi connectivity index (χ0n) is 12.5. The maximum Gasteiger partial charge on any atom is 0.461 e. The average Bonchev–Trinajstić information content (AvgIpc) is 3.09. The number of benzene rings is 1. The molecule has 0 saturated heterocycles. The van der Waals surface area contributed by atoms with Crippen molar-refractivity contribution in [1.82, 2.24) is 9.97 Å². The molecule has 4 nitrogen and oxygen atoms in total. The molecule has 0 aliphatic carbocycles. The van der Waals surface area contributed by atoms with Crippen molar-refractivity contribution in [2.45, 2.75) is 12.5 Å². The quantitative estimate of drug-likeness (QED) is 0.608. The molecule has 0 spiro atoms. The first-order valence-corrected chi connectivity index (χ1v) is 7.96. The summed E-state index contributed by atoms with van der Waals surface area (Å²) in [7, 11) is 0. The predicted octanol–water partition coefficient (Wildman–Crippen LogP) is 5.19. The highest BCUT2D eigenvalue weighted by atomic mass is 32.1. The van der Waals surface area contributed by atoms with Crippen molar-refractivity contribution in [3.8, 4) is 17.0 Å². The molecule has 2 heterocycles. The normalized spacial score (nSPS) is 11.6. The second-order valence-corrected chi connectivity index (χ2v) is 5.67. The van der Waals surface area contributed by atoms with Crippen LogP contribution in [0.5, 0.6) is 5.75 Å². The van der Waals surface area contributed by atoms with Crippen LogP contribution in [-0.2, 0) is 0 Å². The fourth-order valence-electron chi connectivity index (χ4n) is 1.96. The van der Waals surface area contributed by atoms with Gasteiger partial charge in [0, 0.05) is 28.9 Å². The highest BCUT2D eigenvalue weighted by Gasteiger charge is 2.43. The Labute approximate surface area is 144 Å². The summed E-state index contributed by atoms with van der Waals surface area (Å²) in [6.45, 7) is 0. The number of alkyl halides is 4. The Hall–Kier alpha value is -2.68. The molecule has 0 unspecified atom stereocenters. The predicted molar refractivity (Wildman–Crippen MR) is 86.6 cm³/mol. The number of hydrogen-bond donors (Lipinski definition) is 1. The van der Waals surface area contributed by atoms with Gasteiger partial charge in [0.25, 0.3) is 0 Å². The third-order valence-electron chi connectivity index (χ3n) is 3.07. The van der Waals surface area contributed by atoms with Crippen LogP contribution < -0.4 is 10.1 Å². The number of anilines is 2. The molecular weight excluding hydrogens is 358 g/mol. The fraction of sp³-hybridized carbons (Fsp3) is 0.125. The van der Waals surface area contributed by atoms with Gasteiger partial charge in [0.1, 0.15) is 5.75 Å². The summed E-state index contributed by atoms with van der Waals surface area (Å²) in [6, 6.07) is 8.89. The summed E-state index contributed by atoms with van der Waals surface area (Å²) in [5.41, 5.74) is 1.93. The van der Waals surface area contributed by atoms with Crippen LogP contribution in [0.4, 0.5) is 29.2 Å². The van der Waals surface area contributed by atoms with Crippen molar-refractivity contribution in [3.63, 3.8) is 0 Å². The van der Waals surface area contributed by atoms with Crippen molar-refractivity contribution in [2.24, 2.45) is 0 Å². The number of thiophene rings is 1. The van der Waals surface area contributed by atoms with Crippen LogP contribution in [0.3, 0.4) is 0 Å². The van der Waals surface area contributed by atoms with Crippen LogP contribution in [-0.4, -0.2) is 22.5 Å². The van der Waals surface area contributed by atoms with E-state index in [1.807, 2.05) is 16.8 Å². The van der Waals surface area contributed by atoms with Gasteiger partial charge in [-0.15, -0.1) is 0 Å². The Kier molecular flexibility index (Phi) is 4.84. The first kappa shape index (κ1) is 17.2. The van der Waals surface area contributed by atoms with Gasteiger partial charge in [0.2, 0.25) is 5.95 Å². The van der Waals surface area contributed by atoms with Crippen molar-refractivity contribution in [3.05, 3.63) is 53.4 Å². The van der Waals surface area contributed by atoms with Crippen LogP contribution >= 0.6 is 11.3 Å². The molecule has 3 rings (SSSR count). The fourth-order valence-corrected chi connectivity index (χ4v) is 2.61. The minimum Gasteiger partial charge on any atom is -0.428 e. The smallest absolute Gasteiger partial charge is 0.428 e. The molecule has 0 bridgehead atoms. The second kappa shape index (κ2) is 7.06. The Morgan fingerprint density at radius 1 is 1.16 bits per heavy atom. The molecule has 0 atom stereocenters. The molecule has 2 aromatic heterocycles. The molecule has 0 aliphatic heterocycles. The molecule has 0 aliphatic rings. The van der Waals surface area contributed by atoms with Crippen LogP contribution in [0.25, 0.3) is 11.3 Å². The summed E-state index contributed by atoms with van der Waals surface area (Å²) >= 11 is 1.52. The maximum absolute atomic E-state index is 13.0. The molecule has 0 fully saturated rings. The van der Waals surface area contributed by atoms with Gasteiger partial charge in [-0.2, -0.15) is 28.9 Å². The van der Waals surface area contributed by atoms with Gasteiger partial charge in [0.05, 0.1) is 5.69 Å². The van der Waals surface area contributed by atoms with Crippen LogP contribution in [0.15, 0.2) is 53.4 Å². The average molecular weight is 369 g/mol. The van der Waals surface area contributed by atoms with Gasteiger partial charge in [-0.1, -0.05) is 6.07 Å². The molecule has 0 saturated carbocycles. The number of halogens is 4. The molecular formula is C16H11F4N3OS. The zero-order chi connectivity index (χ0) is 17.9. The van der Waals surface area contributed by atoms with Crippen molar-refractivity contribution < 1.29 is 22.3 Å². The summed E-state index contributed by atoms with van der Waals surface area (Å²) in [6.07, 6.45) is -6.93. The SMILES string of the molecule is FC(F)C(F)(F)Oc1cccc(Nc2nccc(-c3ccsc3)n2)c1. The van der Waals surface area contributed by atoms with E-state index in [0.29, 0.717) is 11.4 Å². The van der Waals surface area contributed by atoms with Gasteiger partial charge in [0.15, 0.2) is 0 Å². The van der Waals surface area contributed by atoms with Crippen LogP contribution in [0, 0.1) is 0 Å². The number of rotatable bonds is 6. The van der Waals surface area contributed by atoms with E-state index in [0.717, 1.165) is 17.7 Å². The number of nitrogens with one attached hydrogen (secondary N) is 1. The topological polar surface area (TPSA) is 47.0 Å². The van der Waals surface area contributed by atoms with E-state index in [9.17, 15) is 17.6 Å². The lowest BCUT2D eigenvalue weighted by Gasteiger charge is -2.17. The van der Waals surface area contributed by atoms with E-state index in [4.69, 9.17) is 0 Å². The summed E-state index contributed by atoms with van der Waals surface area (Å²) in [4.78, 5) is 8.37. The summed E-state index contributed by atoms with van der Waals surface area (Å²) in [5, 5.41) is 6.67. The zero-order valence-corrected chi connectivity index (χ0v) is 13.3. The van der Waals surface area contributed by atoms with E-state index in [1.54, 1.807) is 18.3 Å². The van der Waals surface area contributed by atoms with Crippen LogP contribution in [0.2, 0.25) is 0 Å². The highest BCUT2D eigenvalue weighted by molar-refractivity contribution is 7.08. The third kappa shape index (κ3) is 4.24.